The summed E-state index contributed by atoms with van der Waals surface area (Å²) < 4.78 is 13.7. The lowest BCUT2D eigenvalue weighted by Gasteiger charge is -2.09. The molecule has 9 heavy (non-hydrogen) atoms. The van der Waals surface area contributed by atoms with Gasteiger partial charge in [0, 0.05) is 0 Å². The van der Waals surface area contributed by atoms with Gasteiger partial charge in [-0.3, -0.25) is 4.52 Å². The molecule has 0 aromatic rings. The highest BCUT2D eigenvalue weighted by molar-refractivity contribution is 7.46. The van der Waals surface area contributed by atoms with Crippen LogP contribution in [0.25, 0.3) is 0 Å². The van der Waals surface area contributed by atoms with Crippen LogP contribution in [0.3, 0.4) is 0 Å². The summed E-state index contributed by atoms with van der Waals surface area (Å²) in [7, 11) is -4.52. The fourth-order valence-electron chi connectivity index (χ4n) is 0.210. The monoisotopic (exact) mass is 157 g/mol. The van der Waals surface area contributed by atoms with E-state index in [1.54, 1.807) is 0 Å². The summed E-state index contributed by atoms with van der Waals surface area (Å²) in [5.74, 6) is 0. The van der Waals surface area contributed by atoms with Crippen molar-refractivity contribution in [2.24, 2.45) is 5.73 Å². The van der Waals surface area contributed by atoms with Crippen molar-refractivity contribution in [3.05, 3.63) is 0 Å². The van der Waals surface area contributed by atoms with Gasteiger partial charge in [0.05, 0.1) is 6.61 Å². The molecule has 0 aliphatic carbocycles. The summed E-state index contributed by atoms with van der Waals surface area (Å²) in [5.41, 5.74) is 4.79. The van der Waals surface area contributed by atoms with Gasteiger partial charge in [-0.25, -0.2) is 4.57 Å². The molecule has 0 bridgehead atoms. The molecule has 7 heteroatoms. The normalized spacial score (nSPS) is 15.6. The molecule has 6 nitrogen and oxygen atoms in total. The minimum Gasteiger partial charge on any atom is -0.392 e. The lowest BCUT2D eigenvalue weighted by molar-refractivity contribution is 0.0846. The number of nitrogens with two attached hydrogens (primary N) is 1. The summed E-state index contributed by atoms with van der Waals surface area (Å²) in [6, 6.07) is 0. The van der Waals surface area contributed by atoms with Gasteiger partial charge in [-0.1, -0.05) is 0 Å². The standard InChI is InChI=1S/C2H8NO5P/c3-2(1-4)8-9(5,6)7/h2,4H,1,3H2,(H2,5,6,7). The van der Waals surface area contributed by atoms with Crippen molar-refractivity contribution in [1.29, 1.82) is 0 Å². The van der Waals surface area contributed by atoms with Gasteiger partial charge < -0.3 is 20.6 Å². The van der Waals surface area contributed by atoms with Gasteiger partial charge >= 0.3 is 7.82 Å². The van der Waals surface area contributed by atoms with E-state index in [1.807, 2.05) is 0 Å². The van der Waals surface area contributed by atoms with Crippen LogP contribution < -0.4 is 5.73 Å². The van der Waals surface area contributed by atoms with E-state index >= 15 is 0 Å². The van der Waals surface area contributed by atoms with E-state index in [0.717, 1.165) is 0 Å². The molecule has 1 atom stereocenters. The average Bonchev–Trinajstić information content (AvgIpc) is 1.62. The molecule has 0 aliphatic heterocycles. The van der Waals surface area contributed by atoms with Crippen molar-refractivity contribution < 1.29 is 24.0 Å². The molecule has 0 aromatic carbocycles. The van der Waals surface area contributed by atoms with E-state index in [1.165, 1.54) is 0 Å². The first kappa shape index (κ1) is 9.03. The second kappa shape index (κ2) is 3.26. The predicted octanol–water partition coefficient (Wildman–Crippen LogP) is -1.63. The molecule has 0 amide bonds. The Balaban J connectivity index is 3.60. The maximum Gasteiger partial charge on any atom is 0.471 e. The average molecular weight is 157 g/mol. The van der Waals surface area contributed by atoms with Gasteiger partial charge in [0.2, 0.25) is 0 Å². The number of aliphatic hydroxyl groups excluding tert-OH is 1. The summed E-state index contributed by atoms with van der Waals surface area (Å²) in [4.78, 5) is 16.0. The SMILES string of the molecule is NC(CO)OP(=O)(O)O. The van der Waals surface area contributed by atoms with Gasteiger partial charge in [-0.05, 0) is 0 Å². The van der Waals surface area contributed by atoms with Crippen molar-refractivity contribution >= 4 is 7.82 Å². The van der Waals surface area contributed by atoms with E-state index in [4.69, 9.17) is 20.6 Å². The Bertz CT molecular complexity index is 120. The van der Waals surface area contributed by atoms with Crippen molar-refractivity contribution in [1.82, 2.24) is 0 Å². The predicted molar refractivity (Wildman–Crippen MR) is 28.2 cm³/mol. The topological polar surface area (TPSA) is 113 Å². The Kier molecular flexibility index (Phi) is 3.27. The summed E-state index contributed by atoms with van der Waals surface area (Å²) in [5, 5.41) is 8.10. The highest BCUT2D eigenvalue weighted by Crippen LogP contribution is 2.36. The van der Waals surface area contributed by atoms with Crippen LogP contribution in [0.2, 0.25) is 0 Å². The van der Waals surface area contributed by atoms with Crippen molar-refractivity contribution in [3.63, 3.8) is 0 Å². The Labute approximate surface area is 51.5 Å². The first-order valence-corrected chi connectivity index (χ1v) is 3.59. The minimum absolute atomic E-state index is 0.620. The second-order valence-electron chi connectivity index (χ2n) is 1.32. The number of phosphoric ester groups is 1. The molecular formula is C2H8NO5P. The van der Waals surface area contributed by atoms with Crippen LogP contribution in [-0.2, 0) is 9.09 Å². The lowest BCUT2D eigenvalue weighted by Crippen LogP contribution is -2.26. The van der Waals surface area contributed by atoms with E-state index in [-0.39, 0.29) is 0 Å². The third-order valence-electron chi connectivity index (χ3n) is 0.453. The third-order valence-corrected chi connectivity index (χ3v) is 0.998. The Hall–Kier alpha value is 0.0300. The molecule has 0 fully saturated rings. The van der Waals surface area contributed by atoms with Crippen LogP contribution in [0.1, 0.15) is 0 Å². The van der Waals surface area contributed by atoms with E-state index in [0.29, 0.717) is 0 Å². The smallest absolute Gasteiger partial charge is 0.392 e. The molecular weight excluding hydrogens is 149 g/mol. The van der Waals surface area contributed by atoms with Crippen LogP contribution in [0.15, 0.2) is 0 Å². The van der Waals surface area contributed by atoms with Gasteiger partial charge in [0.25, 0.3) is 0 Å². The number of rotatable bonds is 3. The molecule has 0 rings (SSSR count). The first-order chi connectivity index (χ1) is 3.95. The maximum atomic E-state index is 9.88. The highest BCUT2D eigenvalue weighted by Gasteiger charge is 2.17. The first-order valence-electron chi connectivity index (χ1n) is 2.06. The quantitative estimate of drug-likeness (QED) is 0.289. The maximum absolute atomic E-state index is 9.88. The van der Waals surface area contributed by atoms with Crippen LogP contribution in [0, 0.1) is 0 Å². The van der Waals surface area contributed by atoms with Gasteiger partial charge in [0.1, 0.15) is 6.23 Å². The molecule has 0 saturated carbocycles. The fraction of sp³-hybridized carbons (Fsp3) is 1.00. The minimum atomic E-state index is -4.52. The molecule has 5 N–H and O–H groups in total. The molecule has 0 saturated heterocycles. The largest absolute Gasteiger partial charge is 0.471 e. The van der Waals surface area contributed by atoms with Gasteiger partial charge in [0.15, 0.2) is 0 Å². The van der Waals surface area contributed by atoms with Crippen LogP contribution >= 0.6 is 7.82 Å². The van der Waals surface area contributed by atoms with E-state index < -0.39 is 20.7 Å². The second-order valence-corrected chi connectivity index (χ2v) is 2.51. The lowest BCUT2D eigenvalue weighted by atomic mass is 10.7. The zero-order valence-corrected chi connectivity index (χ0v) is 5.36. The molecule has 0 aromatic heterocycles. The Morgan fingerprint density at radius 1 is 1.67 bits per heavy atom. The van der Waals surface area contributed by atoms with Gasteiger partial charge in [-0.15, -0.1) is 0 Å². The number of hydrogen-bond donors (Lipinski definition) is 4. The van der Waals surface area contributed by atoms with E-state index in [2.05, 4.69) is 4.52 Å². The molecule has 0 spiro atoms. The fourth-order valence-corrected chi connectivity index (χ4v) is 0.629. The summed E-state index contributed by atoms with van der Waals surface area (Å²) >= 11 is 0. The zero-order valence-electron chi connectivity index (χ0n) is 4.47. The van der Waals surface area contributed by atoms with Gasteiger partial charge in [-0.2, -0.15) is 0 Å². The molecule has 1 unspecified atom stereocenters. The summed E-state index contributed by atoms with van der Waals surface area (Å²) in [6.07, 6.45) is -1.31. The third kappa shape index (κ3) is 5.91. The van der Waals surface area contributed by atoms with Crippen molar-refractivity contribution in [2.45, 2.75) is 6.23 Å². The Morgan fingerprint density at radius 2 is 2.11 bits per heavy atom. The van der Waals surface area contributed by atoms with Crippen LogP contribution in [0.4, 0.5) is 0 Å². The molecule has 0 radical (unpaired) electrons. The summed E-state index contributed by atoms with van der Waals surface area (Å²) in [6.45, 7) is -0.620. The van der Waals surface area contributed by atoms with E-state index in [9.17, 15) is 4.57 Å². The van der Waals surface area contributed by atoms with Crippen molar-refractivity contribution in [2.75, 3.05) is 6.61 Å². The number of phosphoric acid groups is 1. The molecule has 0 heterocycles. The zero-order chi connectivity index (χ0) is 7.49. The van der Waals surface area contributed by atoms with Crippen molar-refractivity contribution in [3.8, 4) is 0 Å². The number of aliphatic hydroxyl groups is 1. The molecule has 56 valence electrons. The van der Waals surface area contributed by atoms with Crippen LogP contribution in [0.5, 0.6) is 0 Å². The van der Waals surface area contributed by atoms with Crippen LogP contribution in [-0.4, -0.2) is 27.7 Å². The highest BCUT2D eigenvalue weighted by atomic mass is 31.2. The molecule has 0 aliphatic rings. The Morgan fingerprint density at radius 3 is 2.22 bits per heavy atom. The number of hydrogen-bond acceptors (Lipinski definition) is 4.